The van der Waals surface area contributed by atoms with Crippen LogP contribution in [0.25, 0.3) is 0 Å². The SMILES string of the molecule is COc1cc(C)cc(C)c1N(C)CCl. The Labute approximate surface area is 90.4 Å². The van der Waals surface area contributed by atoms with E-state index >= 15 is 0 Å². The maximum atomic E-state index is 5.80. The van der Waals surface area contributed by atoms with Crippen molar-refractivity contribution >= 4 is 17.3 Å². The van der Waals surface area contributed by atoms with Crippen LogP contribution in [0.2, 0.25) is 0 Å². The van der Waals surface area contributed by atoms with E-state index < -0.39 is 0 Å². The van der Waals surface area contributed by atoms with Gasteiger partial charge in [-0.15, -0.1) is 11.6 Å². The van der Waals surface area contributed by atoms with Crippen molar-refractivity contribution in [2.24, 2.45) is 0 Å². The molecule has 14 heavy (non-hydrogen) atoms. The molecule has 0 bridgehead atoms. The third-order valence-corrected chi connectivity index (χ3v) is 2.55. The molecular formula is C11H16ClNO. The number of halogens is 1. The molecule has 0 fully saturated rings. The highest BCUT2D eigenvalue weighted by Gasteiger charge is 2.10. The standard InChI is InChI=1S/C11H16ClNO/c1-8-5-9(2)11(13(3)7-12)10(6-8)14-4/h5-6H,7H2,1-4H3. The monoisotopic (exact) mass is 213 g/mol. The molecule has 0 aliphatic carbocycles. The Balaban J connectivity index is 3.24. The summed E-state index contributed by atoms with van der Waals surface area (Å²) >= 11 is 5.80. The van der Waals surface area contributed by atoms with Crippen LogP contribution in [0, 0.1) is 13.8 Å². The molecule has 0 atom stereocenters. The smallest absolute Gasteiger partial charge is 0.142 e. The van der Waals surface area contributed by atoms with Crippen molar-refractivity contribution in [3.05, 3.63) is 23.3 Å². The van der Waals surface area contributed by atoms with E-state index in [0.29, 0.717) is 6.00 Å². The predicted molar refractivity (Wildman–Crippen MR) is 61.6 cm³/mol. The second kappa shape index (κ2) is 4.56. The number of aryl methyl sites for hydroxylation is 2. The molecular weight excluding hydrogens is 198 g/mol. The summed E-state index contributed by atoms with van der Waals surface area (Å²) < 4.78 is 5.33. The second-order valence-corrected chi connectivity index (χ2v) is 3.69. The van der Waals surface area contributed by atoms with Crippen LogP contribution in [-0.4, -0.2) is 20.2 Å². The van der Waals surface area contributed by atoms with Crippen LogP contribution < -0.4 is 9.64 Å². The summed E-state index contributed by atoms with van der Waals surface area (Å²) in [6.45, 7) is 4.12. The normalized spacial score (nSPS) is 10.1. The molecule has 0 unspecified atom stereocenters. The molecule has 0 aromatic heterocycles. The molecule has 0 spiro atoms. The molecule has 1 rings (SSSR count). The number of ether oxygens (including phenoxy) is 1. The number of anilines is 1. The topological polar surface area (TPSA) is 12.5 Å². The number of nitrogens with zero attached hydrogens (tertiary/aromatic N) is 1. The van der Waals surface area contributed by atoms with Gasteiger partial charge in [-0.3, -0.25) is 0 Å². The third kappa shape index (κ3) is 2.13. The van der Waals surface area contributed by atoms with E-state index in [1.807, 2.05) is 18.0 Å². The van der Waals surface area contributed by atoms with E-state index in [-0.39, 0.29) is 0 Å². The highest BCUT2D eigenvalue weighted by molar-refractivity contribution is 6.19. The molecule has 0 radical (unpaired) electrons. The number of rotatable bonds is 3. The zero-order valence-corrected chi connectivity index (χ0v) is 9.85. The van der Waals surface area contributed by atoms with Gasteiger partial charge in [-0.1, -0.05) is 6.07 Å². The molecule has 0 heterocycles. The zero-order valence-electron chi connectivity index (χ0n) is 9.10. The molecule has 1 aromatic carbocycles. The molecule has 0 aliphatic rings. The van der Waals surface area contributed by atoms with Crippen LogP contribution in [0.3, 0.4) is 0 Å². The molecule has 0 saturated heterocycles. The highest BCUT2D eigenvalue weighted by Crippen LogP contribution is 2.32. The maximum Gasteiger partial charge on any atom is 0.142 e. The Morgan fingerprint density at radius 3 is 2.50 bits per heavy atom. The van der Waals surface area contributed by atoms with Gasteiger partial charge in [0, 0.05) is 7.05 Å². The van der Waals surface area contributed by atoms with E-state index in [1.165, 1.54) is 11.1 Å². The molecule has 1 aromatic rings. The summed E-state index contributed by atoms with van der Waals surface area (Å²) in [7, 11) is 3.63. The number of hydrogen-bond donors (Lipinski definition) is 0. The van der Waals surface area contributed by atoms with Crippen molar-refractivity contribution in [2.45, 2.75) is 13.8 Å². The van der Waals surface area contributed by atoms with Gasteiger partial charge in [-0.05, 0) is 31.0 Å². The first-order chi connectivity index (χ1) is 6.60. The van der Waals surface area contributed by atoms with Gasteiger partial charge in [-0.25, -0.2) is 0 Å². The highest BCUT2D eigenvalue weighted by atomic mass is 35.5. The molecule has 2 nitrogen and oxygen atoms in total. The summed E-state index contributed by atoms with van der Waals surface area (Å²) in [5.41, 5.74) is 3.45. The van der Waals surface area contributed by atoms with E-state index in [4.69, 9.17) is 16.3 Å². The fourth-order valence-corrected chi connectivity index (χ4v) is 1.75. The summed E-state index contributed by atoms with van der Waals surface area (Å²) in [5.74, 6) is 0.880. The first-order valence-corrected chi connectivity index (χ1v) is 5.06. The second-order valence-electron chi connectivity index (χ2n) is 3.45. The first-order valence-electron chi connectivity index (χ1n) is 4.52. The molecule has 0 amide bonds. The number of methoxy groups -OCH3 is 1. The maximum absolute atomic E-state index is 5.80. The number of alkyl halides is 1. The quantitative estimate of drug-likeness (QED) is 0.566. The van der Waals surface area contributed by atoms with E-state index in [1.54, 1.807) is 7.11 Å². The van der Waals surface area contributed by atoms with Crippen LogP contribution >= 0.6 is 11.6 Å². The van der Waals surface area contributed by atoms with Crippen LogP contribution in [0.15, 0.2) is 12.1 Å². The van der Waals surface area contributed by atoms with Gasteiger partial charge in [0.25, 0.3) is 0 Å². The van der Waals surface area contributed by atoms with Crippen LogP contribution in [-0.2, 0) is 0 Å². The largest absolute Gasteiger partial charge is 0.495 e. The van der Waals surface area contributed by atoms with Crippen molar-refractivity contribution in [3.63, 3.8) is 0 Å². The molecule has 3 heteroatoms. The van der Waals surface area contributed by atoms with Crippen LogP contribution in [0.5, 0.6) is 5.75 Å². The predicted octanol–water partition coefficient (Wildman–Crippen LogP) is 2.94. The fourth-order valence-electron chi connectivity index (χ4n) is 1.63. The Morgan fingerprint density at radius 2 is 2.00 bits per heavy atom. The van der Waals surface area contributed by atoms with E-state index in [0.717, 1.165) is 11.4 Å². The number of benzene rings is 1. The van der Waals surface area contributed by atoms with Crippen LogP contribution in [0.1, 0.15) is 11.1 Å². The van der Waals surface area contributed by atoms with Gasteiger partial charge in [0.1, 0.15) is 5.75 Å². The lowest BCUT2D eigenvalue weighted by atomic mass is 10.1. The zero-order chi connectivity index (χ0) is 10.7. The van der Waals surface area contributed by atoms with Crippen molar-refractivity contribution < 1.29 is 4.74 Å². The lowest BCUT2D eigenvalue weighted by Crippen LogP contribution is -2.16. The number of hydrogen-bond acceptors (Lipinski definition) is 2. The summed E-state index contributed by atoms with van der Waals surface area (Å²) in [6, 6.07) is 4.60. The summed E-state index contributed by atoms with van der Waals surface area (Å²) in [6.07, 6.45) is 0. The molecule has 0 N–H and O–H groups in total. The molecule has 0 saturated carbocycles. The van der Waals surface area contributed by atoms with Gasteiger partial charge in [0.2, 0.25) is 0 Å². The minimum atomic E-state index is 0.459. The van der Waals surface area contributed by atoms with Gasteiger partial charge in [0.05, 0.1) is 18.8 Å². The Bertz CT molecular complexity index is 325. The fraction of sp³-hybridized carbons (Fsp3) is 0.455. The Hall–Kier alpha value is -0.890. The van der Waals surface area contributed by atoms with Crippen LogP contribution in [0.4, 0.5) is 5.69 Å². The molecule has 78 valence electrons. The van der Waals surface area contributed by atoms with Gasteiger partial charge < -0.3 is 9.64 Å². The lowest BCUT2D eigenvalue weighted by Gasteiger charge is -2.21. The minimum Gasteiger partial charge on any atom is -0.495 e. The Morgan fingerprint density at radius 1 is 1.36 bits per heavy atom. The van der Waals surface area contributed by atoms with Gasteiger partial charge in [0.15, 0.2) is 0 Å². The van der Waals surface area contributed by atoms with E-state index in [2.05, 4.69) is 19.9 Å². The lowest BCUT2D eigenvalue weighted by molar-refractivity contribution is 0.414. The van der Waals surface area contributed by atoms with Gasteiger partial charge in [-0.2, -0.15) is 0 Å². The summed E-state index contributed by atoms with van der Waals surface area (Å²) in [4.78, 5) is 1.97. The summed E-state index contributed by atoms with van der Waals surface area (Å²) in [5, 5.41) is 0. The third-order valence-electron chi connectivity index (χ3n) is 2.19. The average molecular weight is 214 g/mol. The van der Waals surface area contributed by atoms with Crippen molar-refractivity contribution in [2.75, 3.05) is 25.1 Å². The van der Waals surface area contributed by atoms with E-state index in [9.17, 15) is 0 Å². The van der Waals surface area contributed by atoms with Crippen molar-refractivity contribution in [1.29, 1.82) is 0 Å². The first kappa shape index (κ1) is 11.2. The van der Waals surface area contributed by atoms with Crippen molar-refractivity contribution in [3.8, 4) is 5.75 Å². The molecule has 0 aliphatic heterocycles. The Kier molecular flexibility index (Phi) is 3.64. The van der Waals surface area contributed by atoms with Gasteiger partial charge >= 0.3 is 0 Å². The van der Waals surface area contributed by atoms with Crippen molar-refractivity contribution in [1.82, 2.24) is 0 Å². The average Bonchev–Trinajstić information content (AvgIpc) is 2.15. The minimum absolute atomic E-state index is 0.459.